The molecule has 0 saturated heterocycles. The van der Waals surface area contributed by atoms with E-state index in [1.54, 1.807) is 14.2 Å². The molecule has 0 radical (unpaired) electrons. The van der Waals surface area contributed by atoms with Crippen molar-refractivity contribution in [1.82, 2.24) is 18.7 Å². The predicted molar refractivity (Wildman–Crippen MR) is 108 cm³/mol. The van der Waals surface area contributed by atoms with E-state index in [9.17, 15) is 9.59 Å². The minimum absolute atomic E-state index is 0.218. The smallest absolute Gasteiger partial charge is 0.332 e. The molecule has 8 nitrogen and oxygen atoms in total. The highest BCUT2D eigenvalue weighted by atomic mass is 16.5. The fourth-order valence-electron chi connectivity index (χ4n) is 3.90. The molecule has 28 heavy (non-hydrogen) atoms. The summed E-state index contributed by atoms with van der Waals surface area (Å²) in [6, 6.07) is 8.23. The molecular weight excluding hydrogens is 358 g/mol. The third kappa shape index (κ3) is 2.84. The molecule has 148 valence electrons. The number of methoxy groups -OCH3 is 1. The molecule has 0 fully saturated rings. The first-order chi connectivity index (χ1) is 13.4. The number of nitrogens with zero attached hydrogens (tertiary/aromatic N) is 5. The Morgan fingerprint density at radius 3 is 2.75 bits per heavy atom. The van der Waals surface area contributed by atoms with Gasteiger partial charge in [0.05, 0.1) is 13.2 Å². The molecule has 0 N–H and O–H groups in total. The Morgan fingerprint density at radius 1 is 1.25 bits per heavy atom. The van der Waals surface area contributed by atoms with E-state index in [-0.39, 0.29) is 17.8 Å². The van der Waals surface area contributed by atoms with Crippen molar-refractivity contribution in [3.63, 3.8) is 0 Å². The summed E-state index contributed by atoms with van der Waals surface area (Å²) in [7, 11) is 3.21. The highest BCUT2D eigenvalue weighted by Gasteiger charge is 2.29. The van der Waals surface area contributed by atoms with E-state index < -0.39 is 0 Å². The largest absolute Gasteiger partial charge is 0.383 e. The second kappa shape index (κ2) is 6.94. The number of benzene rings is 1. The van der Waals surface area contributed by atoms with Crippen molar-refractivity contribution in [1.29, 1.82) is 0 Å². The molecule has 0 spiro atoms. The first-order valence-corrected chi connectivity index (χ1v) is 9.45. The molecule has 0 bridgehead atoms. The number of aromatic nitrogens is 4. The van der Waals surface area contributed by atoms with Crippen molar-refractivity contribution >= 4 is 22.8 Å². The lowest BCUT2D eigenvalue weighted by atomic mass is 10.1. The molecule has 4 rings (SSSR count). The molecular formula is C20H25N5O3. The average molecular weight is 383 g/mol. The van der Waals surface area contributed by atoms with E-state index in [0.29, 0.717) is 36.2 Å². The summed E-state index contributed by atoms with van der Waals surface area (Å²) in [5, 5.41) is 0. The zero-order valence-electron chi connectivity index (χ0n) is 16.7. The summed E-state index contributed by atoms with van der Waals surface area (Å²) in [5.41, 5.74) is 2.40. The molecule has 0 saturated carbocycles. The molecule has 1 atom stereocenters. The summed E-state index contributed by atoms with van der Waals surface area (Å²) in [6.45, 7) is 6.22. The van der Waals surface area contributed by atoms with Crippen LogP contribution in [0.25, 0.3) is 11.2 Å². The molecule has 0 aliphatic carbocycles. The number of aryl methyl sites for hydroxylation is 2. The quantitative estimate of drug-likeness (QED) is 0.685. The van der Waals surface area contributed by atoms with Crippen molar-refractivity contribution in [2.45, 2.75) is 26.9 Å². The van der Waals surface area contributed by atoms with Crippen LogP contribution < -0.4 is 16.1 Å². The normalized spacial score (nSPS) is 16.6. The fourth-order valence-corrected chi connectivity index (χ4v) is 3.90. The first kappa shape index (κ1) is 18.5. The summed E-state index contributed by atoms with van der Waals surface area (Å²) >= 11 is 0. The number of fused-ring (bicyclic) bond motifs is 3. The minimum Gasteiger partial charge on any atom is -0.383 e. The standard InChI is InChI=1S/C20H25N5O3/c1-13-6-5-7-15(10-13)24-11-14(2)12-25-16-17(21-19(24)25)22(3)20(27)23(18(16)26)8-9-28-4/h5-7,10,14H,8-9,11-12H2,1-4H3/t14-/m1/s1. The monoisotopic (exact) mass is 383 g/mol. The van der Waals surface area contributed by atoms with Crippen molar-refractivity contribution in [2.75, 3.05) is 25.2 Å². The van der Waals surface area contributed by atoms with Gasteiger partial charge in [-0.3, -0.25) is 13.9 Å². The van der Waals surface area contributed by atoms with Gasteiger partial charge in [-0.1, -0.05) is 19.1 Å². The van der Waals surface area contributed by atoms with Crippen LogP contribution in [0, 0.1) is 12.8 Å². The van der Waals surface area contributed by atoms with Gasteiger partial charge in [-0.15, -0.1) is 0 Å². The lowest BCUT2D eigenvalue weighted by Crippen LogP contribution is -2.41. The van der Waals surface area contributed by atoms with E-state index in [1.165, 1.54) is 9.13 Å². The number of hydrogen-bond donors (Lipinski definition) is 0. The van der Waals surface area contributed by atoms with Crippen LogP contribution >= 0.6 is 0 Å². The van der Waals surface area contributed by atoms with Crippen LogP contribution in [0.15, 0.2) is 33.9 Å². The van der Waals surface area contributed by atoms with Crippen LogP contribution in [0.5, 0.6) is 0 Å². The van der Waals surface area contributed by atoms with E-state index >= 15 is 0 Å². The molecule has 1 aromatic carbocycles. The van der Waals surface area contributed by atoms with Crippen LogP contribution in [-0.4, -0.2) is 38.9 Å². The van der Waals surface area contributed by atoms with Gasteiger partial charge >= 0.3 is 5.69 Å². The Balaban J connectivity index is 1.98. The van der Waals surface area contributed by atoms with Gasteiger partial charge in [-0.05, 0) is 30.5 Å². The van der Waals surface area contributed by atoms with Gasteiger partial charge in [-0.2, -0.15) is 4.98 Å². The number of rotatable bonds is 4. The summed E-state index contributed by atoms with van der Waals surface area (Å²) in [5.74, 6) is 1.03. The van der Waals surface area contributed by atoms with Crippen LogP contribution in [0.3, 0.4) is 0 Å². The molecule has 8 heteroatoms. The summed E-state index contributed by atoms with van der Waals surface area (Å²) in [4.78, 5) is 32.7. The van der Waals surface area contributed by atoms with Crippen LogP contribution in [0.1, 0.15) is 12.5 Å². The highest BCUT2D eigenvalue weighted by Crippen LogP contribution is 2.33. The zero-order chi connectivity index (χ0) is 20.0. The topological polar surface area (TPSA) is 74.3 Å². The summed E-state index contributed by atoms with van der Waals surface area (Å²) < 4.78 is 9.71. The maximum atomic E-state index is 13.2. The Kier molecular flexibility index (Phi) is 4.58. The van der Waals surface area contributed by atoms with E-state index in [4.69, 9.17) is 9.72 Å². The maximum Gasteiger partial charge on any atom is 0.332 e. The van der Waals surface area contributed by atoms with Gasteiger partial charge in [-0.25, -0.2) is 4.79 Å². The second-order valence-electron chi connectivity index (χ2n) is 7.54. The molecule has 2 aromatic heterocycles. The third-order valence-corrected chi connectivity index (χ3v) is 5.27. The average Bonchev–Trinajstić information content (AvgIpc) is 3.05. The predicted octanol–water partition coefficient (Wildman–Crippen LogP) is 1.64. The van der Waals surface area contributed by atoms with Gasteiger partial charge in [0.2, 0.25) is 5.95 Å². The van der Waals surface area contributed by atoms with E-state index in [2.05, 4.69) is 30.9 Å². The van der Waals surface area contributed by atoms with Crippen molar-refractivity contribution in [2.24, 2.45) is 13.0 Å². The Bertz CT molecular complexity index is 1160. The first-order valence-electron chi connectivity index (χ1n) is 9.45. The second-order valence-corrected chi connectivity index (χ2v) is 7.54. The molecule has 1 aliphatic rings. The van der Waals surface area contributed by atoms with Gasteiger partial charge < -0.3 is 14.2 Å². The van der Waals surface area contributed by atoms with E-state index in [0.717, 1.165) is 17.8 Å². The molecule has 0 unspecified atom stereocenters. The Morgan fingerprint density at radius 2 is 2.04 bits per heavy atom. The highest BCUT2D eigenvalue weighted by molar-refractivity contribution is 5.77. The molecule has 3 aromatic rings. The zero-order valence-corrected chi connectivity index (χ0v) is 16.7. The number of ether oxygens (including phenoxy) is 1. The van der Waals surface area contributed by atoms with Crippen LogP contribution in [0.2, 0.25) is 0 Å². The lowest BCUT2D eigenvalue weighted by Gasteiger charge is -2.33. The Hall–Kier alpha value is -2.87. The number of hydrogen-bond acceptors (Lipinski definition) is 5. The van der Waals surface area contributed by atoms with Gasteiger partial charge in [0.25, 0.3) is 5.56 Å². The van der Waals surface area contributed by atoms with Gasteiger partial charge in [0, 0.05) is 32.9 Å². The van der Waals surface area contributed by atoms with Crippen molar-refractivity contribution in [3.8, 4) is 0 Å². The van der Waals surface area contributed by atoms with Crippen molar-refractivity contribution < 1.29 is 4.74 Å². The summed E-state index contributed by atoms with van der Waals surface area (Å²) in [6.07, 6.45) is 0. The van der Waals surface area contributed by atoms with Gasteiger partial charge in [0.15, 0.2) is 11.2 Å². The maximum absolute atomic E-state index is 13.2. The van der Waals surface area contributed by atoms with Crippen LogP contribution in [0.4, 0.5) is 11.6 Å². The molecule has 1 aliphatic heterocycles. The third-order valence-electron chi connectivity index (χ3n) is 5.27. The SMILES string of the molecule is COCCn1c(=O)c2c(nc3n2C[C@H](C)CN3c2cccc(C)c2)n(C)c1=O. The van der Waals surface area contributed by atoms with Gasteiger partial charge in [0.1, 0.15) is 0 Å². The molecule has 0 amide bonds. The van der Waals surface area contributed by atoms with Crippen molar-refractivity contribution in [3.05, 3.63) is 50.7 Å². The van der Waals surface area contributed by atoms with E-state index in [1.807, 2.05) is 16.7 Å². The Labute approximate surface area is 162 Å². The van der Waals surface area contributed by atoms with Crippen LogP contribution in [-0.2, 0) is 24.9 Å². The fraction of sp³-hybridized carbons (Fsp3) is 0.450. The number of imidazole rings is 1. The molecule has 3 heterocycles. The minimum atomic E-state index is -0.375. The lowest BCUT2D eigenvalue weighted by molar-refractivity contribution is 0.184. The number of anilines is 2.